The molecule has 1 aromatic carbocycles. The summed E-state index contributed by atoms with van der Waals surface area (Å²) in [7, 11) is 1.84. The number of amides is 1. The second kappa shape index (κ2) is 6.16. The summed E-state index contributed by atoms with van der Waals surface area (Å²) in [6, 6.07) is 9.99. The smallest absolute Gasteiger partial charge is 0.224 e. The Morgan fingerprint density at radius 2 is 2.00 bits per heavy atom. The van der Waals surface area contributed by atoms with Crippen molar-refractivity contribution in [2.45, 2.75) is 25.8 Å². The number of aromatic nitrogens is 4. The Hall–Kier alpha value is -2.96. The van der Waals surface area contributed by atoms with E-state index < -0.39 is 0 Å². The van der Waals surface area contributed by atoms with Gasteiger partial charge in [0.05, 0.1) is 17.3 Å². The lowest BCUT2D eigenvalue weighted by Crippen LogP contribution is -2.41. The highest BCUT2D eigenvalue weighted by Gasteiger charge is 2.24. The van der Waals surface area contributed by atoms with Crippen LogP contribution in [0.25, 0.3) is 16.7 Å². The predicted molar refractivity (Wildman–Crippen MR) is 95.7 cm³/mol. The van der Waals surface area contributed by atoms with Crippen LogP contribution in [0.1, 0.15) is 18.7 Å². The number of nitrogens with one attached hydrogen (secondary N) is 1. The second-order valence-electron chi connectivity index (χ2n) is 6.40. The average molecular weight is 336 g/mol. The Kier molecular flexibility index (Phi) is 3.83. The first-order valence-corrected chi connectivity index (χ1v) is 8.40. The van der Waals surface area contributed by atoms with Crippen LogP contribution in [0.4, 0.5) is 5.82 Å². The SMILES string of the molecule is Cc1nc(NC2CCN(C)C(=O)C2)c2cnn(-c3ccccc3)c2n1. The molecule has 25 heavy (non-hydrogen) atoms. The van der Waals surface area contributed by atoms with Gasteiger partial charge in [0.25, 0.3) is 0 Å². The van der Waals surface area contributed by atoms with Crippen LogP contribution in [0.15, 0.2) is 36.5 Å². The van der Waals surface area contributed by atoms with Crippen LogP contribution in [0, 0.1) is 6.92 Å². The lowest BCUT2D eigenvalue weighted by Gasteiger charge is -2.29. The highest BCUT2D eigenvalue weighted by Crippen LogP contribution is 2.25. The number of rotatable bonds is 3. The van der Waals surface area contributed by atoms with Gasteiger partial charge in [-0.15, -0.1) is 0 Å². The molecule has 1 atom stereocenters. The highest BCUT2D eigenvalue weighted by atomic mass is 16.2. The zero-order valence-corrected chi connectivity index (χ0v) is 14.3. The summed E-state index contributed by atoms with van der Waals surface area (Å²) >= 11 is 0. The van der Waals surface area contributed by atoms with Gasteiger partial charge in [0, 0.05) is 26.1 Å². The molecule has 4 rings (SSSR count). The minimum Gasteiger partial charge on any atom is -0.366 e. The van der Waals surface area contributed by atoms with E-state index in [0.29, 0.717) is 12.2 Å². The molecule has 2 aromatic heterocycles. The molecule has 7 nitrogen and oxygen atoms in total. The molecule has 0 radical (unpaired) electrons. The predicted octanol–water partition coefficient (Wildman–Crippen LogP) is 2.16. The van der Waals surface area contributed by atoms with Crippen LogP contribution < -0.4 is 5.32 Å². The minimum atomic E-state index is 0.0845. The van der Waals surface area contributed by atoms with Gasteiger partial charge >= 0.3 is 0 Å². The molecule has 1 unspecified atom stereocenters. The van der Waals surface area contributed by atoms with Crippen molar-refractivity contribution in [3.63, 3.8) is 0 Å². The molecule has 1 amide bonds. The largest absolute Gasteiger partial charge is 0.366 e. The van der Waals surface area contributed by atoms with E-state index in [1.165, 1.54) is 0 Å². The summed E-state index contributed by atoms with van der Waals surface area (Å²) < 4.78 is 1.81. The van der Waals surface area contributed by atoms with Crippen molar-refractivity contribution in [1.29, 1.82) is 0 Å². The van der Waals surface area contributed by atoms with Crippen LogP contribution in [0.5, 0.6) is 0 Å². The quantitative estimate of drug-likeness (QED) is 0.793. The second-order valence-corrected chi connectivity index (χ2v) is 6.40. The molecule has 1 aliphatic heterocycles. The number of hydrogen-bond donors (Lipinski definition) is 1. The molecular weight excluding hydrogens is 316 g/mol. The van der Waals surface area contributed by atoms with Gasteiger partial charge in [0.15, 0.2) is 5.65 Å². The van der Waals surface area contributed by atoms with E-state index in [-0.39, 0.29) is 11.9 Å². The van der Waals surface area contributed by atoms with Gasteiger partial charge in [-0.05, 0) is 25.5 Å². The van der Waals surface area contributed by atoms with Crippen molar-refractivity contribution in [1.82, 2.24) is 24.6 Å². The number of nitrogens with zero attached hydrogens (tertiary/aromatic N) is 5. The molecule has 0 aliphatic carbocycles. The molecular formula is C18H20N6O. The van der Waals surface area contributed by atoms with Crippen molar-refractivity contribution in [3.05, 3.63) is 42.4 Å². The number of carbonyl (C=O) groups excluding carboxylic acids is 1. The Balaban J connectivity index is 1.70. The molecule has 0 saturated carbocycles. The first-order chi connectivity index (χ1) is 12.1. The van der Waals surface area contributed by atoms with E-state index in [9.17, 15) is 4.79 Å². The van der Waals surface area contributed by atoms with E-state index >= 15 is 0 Å². The number of piperidine rings is 1. The molecule has 1 saturated heterocycles. The summed E-state index contributed by atoms with van der Waals surface area (Å²) in [6.45, 7) is 2.62. The summed E-state index contributed by atoms with van der Waals surface area (Å²) in [5.74, 6) is 1.57. The number of benzene rings is 1. The lowest BCUT2D eigenvalue weighted by atomic mass is 10.0. The number of hydrogen-bond acceptors (Lipinski definition) is 5. The third kappa shape index (κ3) is 2.93. The Labute approximate surface area is 145 Å². The molecule has 1 aliphatic rings. The van der Waals surface area contributed by atoms with Crippen molar-refractivity contribution >= 4 is 22.8 Å². The molecule has 0 bridgehead atoms. The van der Waals surface area contributed by atoms with Crippen LogP contribution >= 0.6 is 0 Å². The monoisotopic (exact) mass is 336 g/mol. The Morgan fingerprint density at radius 1 is 1.20 bits per heavy atom. The molecule has 128 valence electrons. The molecule has 1 N–H and O–H groups in total. The number of likely N-dealkylation sites (tertiary alicyclic amines) is 1. The standard InChI is InChI=1S/C18H20N6O/c1-12-20-17(22-13-8-9-23(2)16(25)10-13)15-11-19-24(18(15)21-12)14-6-4-3-5-7-14/h3-7,11,13H,8-10H2,1-2H3,(H,20,21,22). The number of carbonyl (C=O) groups is 1. The minimum absolute atomic E-state index is 0.0845. The number of fused-ring (bicyclic) bond motifs is 1. The average Bonchev–Trinajstić information content (AvgIpc) is 3.03. The topological polar surface area (TPSA) is 75.9 Å². The summed E-state index contributed by atoms with van der Waals surface area (Å²) in [6.07, 6.45) is 3.16. The third-order valence-corrected chi connectivity index (χ3v) is 4.54. The molecule has 0 spiro atoms. The van der Waals surface area contributed by atoms with Gasteiger partial charge in [-0.2, -0.15) is 5.10 Å². The molecule has 7 heteroatoms. The fourth-order valence-corrected chi connectivity index (χ4v) is 3.14. The zero-order valence-electron chi connectivity index (χ0n) is 14.3. The maximum absolute atomic E-state index is 12.0. The summed E-state index contributed by atoms with van der Waals surface area (Å²) in [5.41, 5.74) is 1.72. The lowest BCUT2D eigenvalue weighted by molar-refractivity contribution is -0.132. The van der Waals surface area contributed by atoms with Crippen LogP contribution in [-0.2, 0) is 4.79 Å². The summed E-state index contributed by atoms with van der Waals surface area (Å²) in [4.78, 5) is 22.8. The third-order valence-electron chi connectivity index (χ3n) is 4.54. The first-order valence-electron chi connectivity index (χ1n) is 8.40. The van der Waals surface area contributed by atoms with Gasteiger partial charge in [-0.3, -0.25) is 4.79 Å². The Morgan fingerprint density at radius 3 is 2.76 bits per heavy atom. The highest BCUT2D eigenvalue weighted by molar-refractivity contribution is 5.88. The van der Waals surface area contributed by atoms with Crippen LogP contribution in [-0.4, -0.2) is 50.2 Å². The van der Waals surface area contributed by atoms with Gasteiger partial charge in [0.1, 0.15) is 11.6 Å². The van der Waals surface area contributed by atoms with E-state index in [4.69, 9.17) is 0 Å². The van der Waals surface area contributed by atoms with Crippen LogP contribution in [0.2, 0.25) is 0 Å². The first kappa shape index (κ1) is 15.6. The van der Waals surface area contributed by atoms with E-state index in [2.05, 4.69) is 20.4 Å². The maximum Gasteiger partial charge on any atom is 0.224 e. The van der Waals surface area contributed by atoms with Crippen molar-refractivity contribution < 1.29 is 4.79 Å². The zero-order chi connectivity index (χ0) is 17.4. The van der Waals surface area contributed by atoms with E-state index in [0.717, 1.165) is 35.5 Å². The van der Waals surface area contributed by atoms with E-state index in [1.54, 1.807) is 11.1 Å². The Bertz CT molecular complexity index is 920. The molecule has 3 heterocycles. The van der Waals surface area contributed by atoms with Gasteiger partial charge in [0.2, 0.25) is 5.91 Å². The van der Waals surface area contributed by atoms with Crippen molar-refractivity contribution in [3.8, 4) is 5.69 Å². The summed E-state index contributed by atoms with van der Waals surface area (Å²) in [5, 5.41) is 8.78. The van der Waals surface area contributed by atoms with Gasteiger partial charge < -0.3 is 10.2 Å². The van der Waals surface area contributed by atoms with Gasteiger partial charge in [-0.25, -0.2) is 14.6 Å². The van der Waals surface area contributed by atoms with E-state index in [1.807, 2.05) is 49.0 Å². The fourth-order valence-electron chi connectivity index (χ4n) is 3.14. The van der Waals surface area contributed by atoms with Crippen LogP contribution in [0.3, 0.4) is 0 Å². The number of anilines is 1. The normalized spacial score (nSPS) is 17.9. The number of aryl methyl sites for hydroxylation is 1. The molecule has 3 aromatic rings. The van der Waals surface area contributed by atoms with Crippen molar-refractivity contribution in [2.75, 3.05) is 18.9 Å². The fraction of sp³-hybridized carbons (Fsp3) is 0.333. The maximum atomic E-state index is 12.0. The molecule has 1 fully saturated rings. The number of para-hydroxylation sites is 1. The van der Waals surface area contributed by atoms with Crippen molar-refractivity contribution in [2.24, 2.45) is 0 Å². The van der Waals surface area contributed by atoms with Gasteiger partial charge in [-0.1, -0.05) is 18.2 Å².